The van der Waals surface area contributed by atoms with Crippen molar-refractivity contribution in [1.29, 1.82) is 0 Å². The van der Waals surface area contributed by atoms with Gasteiger partial charge in [-0.15, -0.1) is 5.10 Å². The molecule has 3 aliphatic rings. The third-order valence-corrected chi connectivity index (χ3v) is 8.50. The standard InChI is InChI=1S/C32H25N5O3/c1-31(19-32(37(39)40)25-17-9-7-15-23(25)27(31)24-16-8-10-18-26(24)32)29(38)34-30-33-28(35-36-30)22-14-6-5-13-21(22)20-11-3-2-4-12-20/h2-18,27H,19H2,1H3,(H2,33,34,35,36,38)/t27?,31-,32?/m0/s1. The van der Waals surface area contributed by atoms with Gasteiger partial charge in [-0.2, -0.15) is 4.98 Å². The van der Waals surface area contributed by atoms with E-state index < -0.39 is 11.0 Å². The van der Waals surface area contributed by atoms with Crippen LogP contribution in [0.1, 0.15) is 41.5 Å². The predicted octanol–water partition coefficient (Wildman–Crippen LogP) is 6.15. The Hall–Kier alpha value is -5.11. The summed E-state index contributed by atoms with van der Waals surface area (Å²) >= 11 is 0. The lowest BCUT2D eigenvalue weighted by Gasteiger charge is -2.52. The van der Waals surface area contributed by atoms with Crippen molar-refractivity contribution < 1.29 is 9.72 Å². The second-order valence-corrected chi connectivity index (χ2v) is 10.7. The molecule has 8 rings (SSSR count). The van der Waals surface area contributed by atoms with Gasteiger partial charge in [-0.25, -0.2) is 0 Å². The van der Waals surface area contributed by atoms with E-state index in [0.29, 0.717) is 17.0 Å². The number of aromatic amines is 1. The predicted molar refractivity (Wildman–Crippen MR) is 151 cm³/mol. The second kappa shape index (κ2) is 8.71. The molecule has 5 aromatic rings. The maximum absolute atomic E-state index is 14.1. The second-order valence-electron chi connectivity index (χ2n) is 10.7. The van der Waals surface area contributed by atoms with Crippen LogP contribution in [-0.4, -0.2) is 26.0 Å². The summed E-state index contributed by atoms with van der Waals surface area (Å²) in [6.45, 7) is 1.81. The van der Waals surface area contributed by atoms with Crippen molar-refractivity contribution >= 4 is 11.9 Å². The van der Waals surface area contributed by atoms with E-state index in [9.17, 15) is 14.9 Å². The number of benzene rings is 4. The number of rotatable bonds is 5. The number of carbonyl (C=O) groups is 1. The molecule has 0 saturated heterocycles. The van der Waals surface area contributed by atoms with Crippen LogP contribution in [-0.2, 0) is 10.3 Å². The molecule has 0 aliphatic heterocycles. The first-order valence-electron chi connectivity index (χ1n) is 13.2. The number of fused-ring (bicyclic) bond motifs is 1. The van der Waals surface area contributed by atoms with Gasteiger partial charge in [0.15, 0.2) is 5.82 Å². The number of H-pyrrole nitrogens is 1. The van der Waals surface area contributed by atoms with Crippen LogP contribution in [0.2, 0.25) is 0 Å². The summed E-state index contributed by atoms with van der Waals surface area (Å²) in [5.41, 5.74) is 3.18. The topological polar surface area (TPSA) is 114 Å². The van der Waals surface area contributed by atoms with Gasteiger partial charge in [0, 0.05) is 34.0 Å². The van der Waals surface area contributed by atoms with Crippen LogP contribution in [0.5, 0.6) is 0 Å². The summed E-state index contributed by atoms with van der Waals surface area (Å²) in [4.78, 5) is 31.3. The molecular formula is C32H25N5O3. The molecule has 196 valence electrons. The van der Waals surface area contributed by atoms with Crippen molar-refractivity contribution in [2.45, 2.75) is 24.8 Å². The van der Waals surface area contributed by atoms with Gasteiger partial charge >= 0.3 is 0 Å². The van der Waals surface area contributed by atoms with Crippen molar-refractivity contribution in [3.05, 3.63) is 135 Å². The number of nitro groups is 1. The average molecular weight is 528 g/mol. The first-order chi connectivity index (χ1) is 19.4. The Morgan fingerprint density at radius 1 is 0.875 bits per heavy atom. The Kier molecular flexibility index (Phi) is 5.22. The summed E-state index contributed by atoms with van der Waals surface area (Å²) in [5, 5.41) is 23.0. The number of carbonyl (C=O) groups excluding carboxylic acids is 1. The lowest BCUT2D eigenvalue weighted by molar-refractivity contribution is -0.573. The van der Waals surface area contributed by atoms with Crippen LogP contribution >= 0.6 is 0 Å². The highest BCUT2D eigenvalue weighted by Crippen LogP contribution is 2.63. The quantitative estimate of drug-likeness (QED) is 0.210. The highest BCUT2D eigenvalue weighted by Gasteiger charge is 2.67. The van der Waals surface area contributed by atoms with E-state index in [4.69, 9.17) is 0 Å². The fourth-order valence-corrected chi connectivity index (χ4v) is 6.79. The summed E-state index contributed by atoms with van der Waals surface area (Å²) in [5.74, 6) is -0.0571. The highest BCUT2D eigenvalue weighted by atomic mass is 16.6. The highest BCUT2D eigenvalue weighted by molar-refractivity contribution is 5.96. The van der Waals surface area contributed by atoms with Crippen molar-refractivity contribution in [3.8, 4) is 22.5 Å². The summed E-state index contributed by atoms with van der Waals surface area (Å²) in [7, 11) is 0. The zero-order chi connectivity index (χ0) is 27.5. The van der Waals surface area contributed by atoms with Crippen LogP contribution in [0.3, 0.4) is 0 Å². The minimum atomic E-state index is -1.52. The first-order valence-corrected chi connectivity index (χ1v) is 13.2. The molecule has 1 atom stereocenters. The SMILES string of the molecule is C[C@]1(C(=O)Nc2n[nH]c(-c3ccccc3-c3ccccc3)n2)CC2([N+](=O)[O-])c3ccccc3C1c1ccccc12. The van der Waals surface area contributed by atoms with Crippen molar-refractivity contribution in [2.24, 2.45) is 5.41 Å². The molecule has 40 heavy (non-hydrogen) atoms. The maximum Gasteiger partial charge on any atom is 0.273 e. The largest absolute Gasteiger partial charge is 0.293 e. The van der Waals surface area contributed by atoms with E-state index in [1.165, 1.54) is 0 Å². The first kappa shape index (κ1) is 24.0. The van der Waals surface area contributed by atoms with Crippen molar-refractivity contribution in [1.82, 2.24) is 15.2 Å². The molecule has 2 N–H and O–H groups in total. The molecule has 0 spiro atoms. The smallest absolute Gasteiger partial charge is 0.273 e. The van der Waals surface area contributed by atoms with E-state index >= 15 is 0 Å². The van der Waals surface area contributed by atoms with E-state index in [2.05, 4.69) is 20.5 Å². The molecule has 0 saturated carbocycles. The molecular weight excluding hydrogens is 502 g/mol. The van der Waals surface area contributed by atoms with Crippen LogP contribution < -0.4 is 5.32 Å². The zero-order valence-electron chi connectivity index (χ0n) is 21.7. The fourth-order valence-electron chi connectivity index (χ4n) is 6.79. The summed E-state index contributed by atoms with van der Waals surface area (Å²) < 4.78 is 0. The summed E-state index contributed by atoms with van der Waals surface area (Å²) in [6, 6.07) is 32.7. The van der Waals surface area contributed by atoms with Gasteiger partial charge in [0.25, 0.3) is 5.54 Å². The Morgan fingerprint density at radius 2 is 1.45 bits per heavy atom. The molecule has 0 unspecified atom stereocenters. The van der Waals surface area contributed by atoms with Crippen molar-refractivity contribution in [2.75, 3.05) is 5.32 Å². The van der Waals surface area contributed by atoms with Gasteiger partial charge < -0.3 is 0 Å². The Bertz CT molecular complexity index is 1750. The molecule has 4 aromatic carbocycles. The van der Waals surface area contributed by atoms with E-state index in [1.54, 1.807) is 0 Å². The van der Waals surface area contributed by atoms with Crippen LogP contribution in [0, 0.1) is 15.5 Å². The molecule has 0 radical (unpaired) electrons. The molecule has 3 aliphatic carbocycles. The number of anilines is 1. The molecule has 8 heteroatoms. The Labute approximate surface area is 230 Å². The minimum absolute atomic E-state index is 0.0334. The number of nitrogens with one attached hydrogen (secondary N) is 2. The number of amides is 1. The Morgan fingerprint density at radius 3 is 2.10 bits per heavy atom. The van der Waals surface area contributed by atoms with Gasteiger partial charge in [-0.1, -0.05) is 103 Å². The maximum atomic E-state index is 14.1. The molecule has 8 nitrogen and oxygen atoms in total. The third kappa shape index (κ3) is 3.29. The lowest BCUT2D eigenvalue weighted by Crippen LogP contribution is -2.57. The fraction of sp³-hybridized carbons (Fsp3) is 0.156. The normalized spacial score (nSPS) is 22.3. The number of hydrogen-bond acceptors (Lipinski definition) is 5. The zero-order valence-corrected chi connectivity index (χ0v) is 21.7. The van der Waals surface area contributed by atoms with Gasteiger partial charge in [0.2, 0.25) is 11.9 Å². The minimum Gasteiger partial charge on any atom is -0.293 e. The third-order valence-electron chi connectivity index (χ3n) is 8.50. The average Bonchev–Trinajstić information content (AvgIpc) is 3.46. The van der Waals surface area contributed by atoms with E-state index in [-0.39, 0.29) is 29.1 Å². The molecule has 1 heterocycles. The monoisotopic (exact) mass is 527 g/mol. The molecule has 1 amide bonds. The Balaban J connectivity index is 1.27. The number of hydrogen-bond donors (Lipinski definition) is 2. The van der Waals surface area contributed by atoms with E-state index in [0.717, 1.165) is 27.8 Å². The molecule has 2 bridgehead atoms. The lowest BCUT2D eigenvalue weighted by atomic mass is 9.49. The van der Waals surface area contributed by atoms with Gasteiger partial charge in [-0.3, -0.25) is 25.3 Å². The van der Waals surface area contributed by atoms with Crippen LogP contribution in [0.15, 0.2) is 103 Å². The van der Waals surface area contributed by atoms with Gasteiger partial charge in [-0.05, 0) is 29.2 Å². The molecule has 1 aromatic heterocycles. The molecule has 0 fully saturated rings. The van der Waals surface area contributed by atoms with Crippen LogP contribution in [0.25, 0.3) is 22.5 Å². The van der Waals surface area contributed by atoms with Gasteiger partial charge in [0.1, 0.15) is 0 Å². The van der Waals surface area contributed by atoms with Gasteiger partial charge in [0.05, 0.1) is 5.41 Å². The van der Waals surface area contributed by atoms with Crippen LogP contribution in [0.4, 0.5) is 5.95 Å². The number of nitrogens with zero attached hydrogens (tertiary/aromatic N) is 3. The van der Waals surface area contributed by atoms with E-state index in [1.807, 2.05) is 110 Å². The summed E-state index contributed by atoms with van der Waals surface area (Å²) in [6.07, 6.45) is 0.0334. The van der Waals surface area contributed by atoms with Crippen molar-refractivity contribution in [3.63, 3.8) is 0 Å². The number of aromatic nitrogens is 3.